The van der Waals surface area contributed by atoms with Gasteiger partial charge in [0, 0.05) is 12.7 Å². The molecule has 0 aromatic carbocycles. The third-order valence-corrected chi connectivity index (χ3v) is 1.05. The van der Waals surface area contributed by atoms with Gasteiger partial charge in [-0.1, -0.05) is 0 Å². The van der Waals surface area contributed by atoms with Gasteiger partial charge in [0.1, 0.15) is 6.20 Å². The fourth-order valence-corrected chi connectivity index (χ4v) is 0.626. The summed E-state index contributed by atoms with van der Waals surface area (Å²) < 4.78 is 0. The molecule has 1 aromatic heterocycles. The Balaban J connectivity index is 2.85. The molecule has 4 heteroatoms. The van der Waals surface area contributed by atoms with Crippen molar-refractivity contribution in [2.45, 2.75) is 6.42 Å². The Labute approximate surface area is 57.5 Å². The molecule has 0 fully saturated rings. The van der Waals surface area contributed by atoms with Gasteiger partial charge in [0.25, 0.3) is 5.56 Å². The molecule has 0 atom stereocenters. The molecule has 0 aliphatic rings. The summed E-state index contributed by atoms with van der Waals surface area (Å²) in [4.78, 5) is 10.5. The molecule has 10 heavy (non-hydrogen) atoms. The van der Waals surface area contributed by atoms with E-state index in [1.807, 2.05) is 0 Å². The minimum atomic E-state index is -0.262. The van der Waals surface area contributed by atoms with Crippen LogP contribution in [-0.4, -0.2) is 21.9 Å². The van der Waals surface area contributed by atoms with E-state index < -0.39 is 0 Å². The maximum atomic E-state index is 10.5. The highest BCUT2D eigenvalue weighted by Crippen LogP contribution is 1.88. The number of nitrogens with one attached hydrogen (secondary N) is 1. The molecule has 0 unspecified atom stereocenters. The summed E-state index contributed by atoms with van der Waals surface area (Å²) in [6.45, 7) is 0.0155. The van der Waals surface area contributed by atoms with Gasteiger partial charge in [-0.3, -0.25) is 4.79 Å². The van der Waals surface area contributed by atoms with Gasteiger partial charge in [0.05, 0.1) is 0 Å². The van der Waals surface area contributed by atoms with E-state index in [-0.39, 0.29) is 12.2 Å². The molecule has 0 saturated heterocycles. The van der Waals surface area contributed by atoms with Crippen LogP contribution in [0, 0.1) is 6.20 Å². The summed E-state index contributed by atoms with van der Waals surface area (Å²) in [6.07, 6.45) is 2.97. The Morgan fingerprint density at radius 2 is 2.60 bits per heavy atom. The van der Waals surface area contributed by atoms with E-state index in [4.69, 9.17) is 5.11 Å². The largest absolute Gasteiger partial charge is 0.396 e. The molecule has 2 N–H and O–H groups in total. The zero-order chi connectivity index (χ0) is 7.40. The highest BCUT2D eigenvalue weighted by Gasteiger charge is 1.91. The number of aliphatic hydroxyl groups is 1. The van der Waals surface area contributed by atoms with Crippen molar-refractivity contribution in [1.29, 1.82) is 0 Å². The first-order chi connectivity index (χ1) is 4.83. The summed E-state index contributed by atoms with van der Waals surface area (Å²) in [5.74, 6) is 0. The third-order valence-electron chi connectivity index (χ3n) is 1.05. The van der Waals surface area contributed by atoms with E-state index in [2.05, 4.69) is 16.4 Å². The first-order valence-corrected chi connectivity index (χ1v) is 2.90. The third kappa shape index (κ3) is 1.66. The van der Waals surface area contributed by atoms with Gasteiger partial charge in [-0.2, -0.15) is 5.10 Å². The molecule has 1 heterocycles. The highest BCUT2D eigenvalue weighted by atomic mass is 16.3. The Kier molecular flexibility index (Phi) is 2.17. The van der Waals surface area contributed by atoms with E-state index in [0.717, 1.165) is 0 Å². The lowest BCUT2D eigenvalue weighted by molar-refractivity contribution is 0.299. The molecule has 0 aliphatic heterocycles. The molecule has 0 spiro atoms. The average Bonchev–Trinajstić information content (AvgIpc) is 1.88. The van der Waals surface area contributed by atoms with Gasteiger partial charge >= 0.3 is 0 Å². The second-order valence-electron chi connectivity index (χ2n) is 1.84. The molecular formula is C6H7N2O2. The van der Waals surface area contributed by atoms with Crippen molar-refractivity contribution in [3.05, 3.63) is 28.2 Å². The Bertz CT molecular complexity index is 256. The van der Waals surface area contributed by atoms with Crippen LogP contribution in [0.1, 0.15) is 5.56 Å². The number of nitrogens with zero attached hydrogens (tertiary/aromatic N) is 1. The van der Waals surface area contributed by atoms with Crippen molar-refractivity contribution in [2.24, 2.45) is 0 Å². The Morgan fingerprint density at radius 3 is 3.20 bits per heavy atom. The number of aromatic amines is 1. The fourth-order valence-electron chi connectivity index (χ4n) is 0.626. The molecule has 0 saturated carbocycles. The smallest absolute Gasteiger partial charge is 0.264 e. The fraction of sp³-hybridized carbons (Fsp3) is 0.333. The summed E-state index contributed by atoms with van der Waals surface area (Å²) >= 11 is 0. The van der Waals surface area contributed by atoms with Crippen LogP contribution in [0.15, 0.2) is 10.9 Å². The second kappa shape index (κ2) is 3.12. The van der Waals surface area contributed by atoms with Crippen LogP contribution < -0.4 is 5.56 Å². The molecule has 1 radical (unpaired) electrons. The Morgan fingerprint density at radius 1 is 1.80 bits per heavy atom. The Hall–Kier alpha value is -1.16. The van der Waals surface area contributed by atoms with Crippen molar-refractivity contribution in [3.63, 3.8) is 0 Å². The second-order valence-corrected chi connectivity index (χ2v) is 1.84. The standard InChI is InChI=1S/C6H7N2O2/c9-2-1-5-3-6(10)8-7-4-5/h3,9H,1-2H2,(H,8,10). The predicted octanol–water partition coefficient (Wildman–Crippen LogP) is -0.895. The normalized spacial score (nSPS) is 9.70. The van der Waals surface area contributed by atoms with Crippen molar-refractivity contribution in [2.75, 3.05) is 6.61 Å². The van der Waals surface area contributed by atoms with Gasteiger partial charge < -0.3 is 5.11 Å². The van der Waals surface area contributed by atoms with Crippen LogP contribution in [0.5, 0.6) is 0 Å². The zero-order valence-electron chi connectivity index (χ0n) is 5.29. The van der Waals surface area contributed by atoms with Crippen molar-refractivity contribution < 1.29 is 5.11 Å². The number of hydrogen-bond donors (Lipinski definition) is 2. The van der Waals surface area contributed by atoms with E-state index in [9.17, 15) is 4.79 Å². The van der Waals surface area contributed by atoms with Crippen molar-refractivity contribution >= 4 is 0 Å². The van der Waals surface area contributed by atoms with Gasteiger partial charge in [-0.25, -0.2) is 5.10 Å². The molecule has 1 aromatic rings. The maximum Gasteiger partial charge on any atom is 0.264 e. The SMILES string of the molecule is O=c1cc(CCO)[c]n[nH]1. The predicted molar refractivity (Wildman–Crippen MR) is 34.5 cm³/mol. The maximum absolute atomic E-state index is 10.5. The van der Waals surface area contributed by atoms with Crippen LogP contribution in [-0.2, 0) is 6.42 Å². The number of aromatic nitrogens is 2. The van der Waals surface area contributed by atoms with Gasteiger partial charge in [0.2, 0.25) is 0 Å². The number of rotatable bonds is 2. The van der Waals surface area contributed by atoms with Gasteiger partial charge in [-0.15, -0.1) is 0 Å². The zero-order valence-corrected chi connectivity index (χ0v) is 5.29. The van der Waals surface area contributed by atoms with Crippen LogP contribution in [0.3, 0.4) is 0 Å². The van der Waals surface area contributed by atoms with Crippen LogP contribution in [0.2, 0.25) is 0 Å². The molecule has 0 amide bonds. The number of hydrogen-bond acceptors (Lipinski definition) is 3. The van der Waals surface area contributed by atoms with Crippen molar-refractivity contribution in [1.82, 2.24) is 10.2 Å². The van der Waals surface area contributed by atoms with E-state index in [0.29, 0.717) is 12.0 Å². The first-order valence-electron chi connectivity index (χ1n) is 2.90. The molecule has 1 rings (SSSR count). The summed E-state index contributed by atoms with van der Waals surface area (Å²) in [6, 6.07) is 1.36. The number of aliphatic hydroxyl groups excluding tert-OH is 1. The van der Waals surface area contributed by atoms with Crippen LogP contribution >= 0.6 is 0 Å². The molecule has 0 bridgehead atoms. The minimum Gasteiger partial charge on any atom is -0.396 e. The summed E-state index contributed by atoms with van der Waals surface area (Å²) in [7, 11) is 0. The monoisotopic (exact) mass is 139 g/mol. The molecule has 4 nitrogen and oxygen atoms in total. The lowest BCUT2D eigenvalue weighted by Gasteiger charge is -1.91. The van der Waals surface area contributed by atoms with E-state index in [1.165, 1.54) is 6.07 Å². The minimum absolute atomic E-state index is 0.0155. The van der Waals surface area contributed by atoms with E-state index >= 15 is 0 Å². The average molecular weight is 139 g/mol. The molecule has 53 valence electrons. The first kappa shape index (κ1) is 6.95. The van der Waals surface area contributed by atoms with E-state index in [1.54, 1.807) is 0 Å². The van der Waals surface area contributed by atoms with Crippen LogP contribution in [0.25, 0.3) is 0 Å². The quantitative estimate of drug-likeness (QED) is 0.558. The molecular weight excluding hydrogens is 132 g/mol. The lowest BCUT2D eigenvalue weighted by atomic mass is 10.2. The van der Waals surface area contributed by atoms with Gasteiger partial charge in [-0.05, 0) is 12.0 Å². The summed E-state index contributed by atoms with van der Waals surface area (Å²) in [5.41, 5.74) is 0.369. The summed E-state index contributed by atoms with van der Waals surface area (Å²) in [5, 5.41) is 14.1. The van der Waals surface area contributed by atoms with Crippen LogP contribution in [0.4, 0.5) is 0 Å². The molecule has 0 aliphatic carbocycles. The highest BCUT2D eigenvalue weighted by molar-refractivity contribution is 5.03. The van der Waals surface area contributed by atoms with Crippen molar-refractivity contribution in [3.8, 4) is 0 Å². The lowest BCUT2D eigenvalue weighted by Crippen LogP contribution is -2.08. The van der Waals surface area contributed by atoms with Gasteiger partial charge in [0.15, 0.2) is 0 Å². The topological polar surface area (TPSA) is 66.0 Å². The number of H-pyrrole nitrogens is 1.